The minimum absolute atomic E-state index is 0.0713. The maximum atomic E-state index is 13.7. The van der Waals surface area contributed by atoms with Crippen LogP contribution in [0, 0.1) is 0 Å². The molecular weight excluding hydrogens is 424 g/mol. The molecule has 0 bridgehead atoms. The minimum Gasteiger partial charge on any atom is -0.497 e. The van der Waals surface area contributed by atoms with Crippen LogP contribution in [0.5, 0.6) is 28.7 Å². The van der Waals surface area contributed by atoms with Crippen molar-refractivity contribution in [3.63, 3.8) is 0 Å². The molecule has 0 aliphatic rings. The van der Waals surface area contributed by atoms with Gasteiger partial charge in [-0.15, -0.1) is 0 Å². The summed E-state index contributed by atoms with van der Waals surface area (Å²) in [6, 6.07) is 18.4. The van der Waals surface area contributed by atoms with Crippen molar-refractivity contribution in [3.05, 3.63) is 76.5 Å². The second-order valence-electron chi connectivity index (χ2n) is 7.11. The second kappa shape index (κ2) is 9.56. The summed E-state index contributed by atoms with van der Waals surface area (Å²) < 4.78 is 33.9. The third-order valence-corrected chi connectivity index (χ3v) is 5.22. The van der Waals surface area contributed by atoms with Crippen LogP contribution >= 0.6 is 0 Å². The van der Waals surface area contributed by atoms with E-state index in [0.29, 0.717) is 28.6 Å². The lowest BCUT2D eigenvalue weighted by atomic mass is 10.1. The normalized spacial score (nSPS) is 10.7. The third kappa shape index (κ3) is 4.17. The molecule has 0 aliphatic heterocycles. The topological polar surface area (TPSA) is 76.4 Å². The SMILES string of the molecule is COc1ccc(-c2oc3cc(OC)c(OC)c(OC)c3c(=O)c2OCc2ccccc2)cc1. The van der Waals surface area contributed by atoms with Crippen LogP contribution in [0.4, 0.5) is 0 Å². The predicted molar refractivity (Wildman–Crippen MR) is 125 cm³/mol. The molecule has 0 spiro atoms. The summed E-state index contributed by atoms with van der Waals surface area (Å²) >= 11 is 0. The van der Waals surface area contributed by atoms with Crippen LogP contribution in [-0.2, 0) is 6.61 Å². The van der Waals surface area contributed by atoms with Crippen molar-refractivity contribution < 1.29 is 28.1 Å². The Kier molecular flexibility index (Phi) is 6.40. The Morgan fingerprint density at radius 1 is 0.758 bits per heavy atom. The molecule has 1 aromatic heterocycles. The molecule has 0 N–H and O–H groups in total. The summed E-state index contributed by atoms with van der Waals surface area (Å²) in [7, 11) is 6.03. The highest BCUT2D eigenvalue weighted by molar-refractivity contribution is 5.91. The summed E-state index contributed by atoms with van der Waals surface area (Å²) in [6.45, 7) is 0.190. The predicted octanol–water partition coefficient (Wildman–Crippen LogP) is 5.07. The van der Waals surface area contributed by atoms with Crippen LogP contribution in [0.3, 0.4) is 0 Å². The minimum atomic E-state index is -0.379. The fourth-order valence-corrected chi connectivity index (χ4v) is 3.60. The Bertz CT molecular complexity index is 1310. The molecule has 0 saturated carbocycles. The Hall–Kier alpha value is -4.13. The van der Waals surface area contributed by atoms with Gasteiger partial charge in [-0.2, -0.15) is 0 Å². The van der Waals surface area contributed by atoms with Gasteiger partial charge in [0, 0.05) is 11.6 Å². The molecule has 1 heterocycles. The largest absolute Gasteiger partial charge is 0.497 e. The summed E-state index contributed by atoms with van der Waals surface area (Å²) in [4.78, 5) is 13.7. The lowest BCUT2D eigenvalue weighted by molar-refractivity contribution is 0.296. The van der Waals surface area contributed by atoms with Crippen molar-refractivity contribution in [3.8, 4) is 40.1 Å². The Labute approximate surface area is 191 Å². The lowest BCUT2D eigenvalue weighted by Crippen LogP contribution is -2.12. The van der Waals surface area contributed by atoms with Gasteiger partial charge < -0.3 is 28.1 Å². The van der Waals surface area contributed by atoms with E-state index >= 15 is 0 Å². The monoisotopic (exact) mass is 448 g/mol. The van der Waals surface area contributed by atoms with Crippen molar-refractivity contribution in [2.45, 2.75) is 6.61 Å². The van der Waals surface area contributed by atoms with Crippen molar-refractivity contribution in [1.29, 1.82) is 0 Å². The van der Waals surface area contributed by atoms with Gasteiger partial charge in [0.1, 0.15) is 23.3 Å². The molecule has 0 fully saturated rings. The van der Waals surface area contributed by atoms with Gasteiger partial charge in [-0.25, -0.2) is 0 Å². The van der Waals surface area contributed by atoms with Crippen LogP contribution < -0.4 is 29.1 Å². The van der Waals surface area contributed by atoms with E-state index in [0.717, 1.165) is 5.56 Å². The zero-order valence-electron chi connectivity index (χ0n) is 18.8. The molecule has 0 atom stereocenters. The highest BCUT2D eigenvalue weighted by Gasteiger charge is 2.25. The van der Waals surface area contributed by atoms with Gasteiger partial charge in [-0.05, 0) is 29.8 Å². The average Bonchev–Trinajstić information content (AvgIpc) is 2.87. The van der Waals surface area contributed by atoms with Crippen LogP contribution in [0.25, 0.3) is 22.3 Å². The zero-order chi connectivity index (χ0) is 23.4. The summed E-state index contributed by atoms with van der Waals surface area (Å²) in [5.41, 5.74) is 1.48. The van der Waals surface area contributed by atoms with Gasteiger partial charge >= 0.3 is 0 Å². The Morgan fingerprint density at radius 3 is 2.06 bits per heavy atom. The molecule has 4 aromatic rings. The molecule has 0 radical (unpaired) electrons. The number of hydrogen-bond acceptors (Lipinski definition) is 7. The van der Waals surface area contributed by atoms with Crippen LogP contribution in [0.1, 0.15) is 5.56 Å². The number of hydrogen-bond donors (Lipinski definition) is 0. The van der Waals surface area contributed by atoms with E-state index in [9.17, 15) is 4.79 Å². The Morgan fingerprint density at radius 2 is 1.45 bits per heavy atom. The van der Waals surface area contributed by atoms with Crippen molar-refractivity contribution >= 4 is 11.0 Å². The summed E-state index contributed by atoms with van der Waals surface area (Å²) in [5, 5.41) is 0.204. The fourth-order valence-electron chi connectivity index (χ4n) is 3.60. The molecule has 170 valence electrons. The number of fused-ring (bicyclic) bond motifs is 1. The molecule has 0 aliphatic carbocycles. The average molecular weight is 448 g/mol. The molecule has 7 nitrogen and oxygen atoms in total. The Balaban J connectivity index is 1.97. The summed E-state index contributed by atoms with van der Waals surface area (Å²) in [5.74, 6) is 1.94. The second-order valence-corrected chi connectivity index (χ2v) is 7.11. The molecule has 0 amide bonds. The third-order valence-electron chi connectivity index (χ3n) is 5.22. The first-order valence-electron chi connectivity index (χ1n) is 10.2. The maximum Gasteiger partial charge on any atom is 0.239 e. The molecule has 4 rings (SSSR count). The van der Waals surface area contributed by atoms with E-state index in [1.165, 1.54) is 21.3 Å². The van der Waals surface area contributed by atoms with Gasteiger partial charge in [-0.1, -0.05) is 30.3 Å². The standard InChI is InChI=1S/C26H24O7/c1-28-18-12-10-17(11-13-18)23-26(32-15-16-8-6-5-7-9-16)22(27)21-19(33-23)14-20(29-2)24(30-3)25(21)31-4/h5-14H,15H2,1-4H3. The van der Waals surface area contributed by atoms with Gasteiger partial charge in [0.05, 0.1) is 28.4 Å². The highest BCUT2D eigenvalue weighted by atomic mass is 16.5. The van der Waals surface area contributed by atoms with Gasteiger partial charge in [0.25, 0.3) is 0 Å². The van der Waals surface area contributed by atoms with Crippen molar-refractivity contribution in [1.82, 2.24) is 0 Å². The van der Waals surface area contributed by atoms with E-state index in [4.69, 9.17) is 28.1 Å². The smallest absolute Gasteiger partial charge is 0.239 e. The van der Waals surface area contributed by atoms with Crippen molar-refractivity contribution in [2.24, 2.45) is 0 Å². The van der Waals surface area contributed by atoms with Gasteiger partial charge in [0.15, 0.2) is 17.3 Å². The zero-order valence-corrected chi connectivity index (χ0v) is 18.8. The van der Waals surface area contributed by atoms with Gasteiger partial charge in [0.2, 0.25) is 16.9 Å². The van der Waals surface area contributed by atoms with E-state index in [2.05, 4.69) is 0 Å². The van der Waals surface area contributed by atoms with Crippen LogP contribution in [0.2, 0.25) is 0 Å². The van der Waals surface area contributed by atoms with Crippen molar-refractivity contribution in [2.75, 3.05) is 28.4 Å². The summed E-state index contributed by atoms with van der Waals surface area (Å²) in [6.07, 6.45) is 0. The number of methoxy groups -OCH3 is 4. The van der Waals surface area contributed by atoms with Crippen LogP contribution in [-0.4, -0.2) is 28.4 Å². The molecule has 3 aromatic carbocycles. The molecule has 0 unspecified atom stereocenters. The number of rotatable bonds is 8. The van der Waals surface area contributed by atoms with E-state index in [1.54, 1.807) is 37.4 Å². The molecular formula is C26H24O7. The molecule has 33 heavy (non-hydrogen) atoms. The first-order valence-corrected chi connectivity index (χ1v) is 10.2. The van der Waals surface area contributed by atoms with Gasteiger partial charge in [-0.3, -0.25) is 4.79 Å². The van der Waals surface area contributed by atoms with Crippen LogP contribution in [0.15, 0.2) is 69.9 Å². The highest BCUT2D eigenvalue weighted by Crippen LogP contribution is 2.44. The van der Waals surface area contributed by atoms with E-state index in [1.807, 2.05) is 30.3 Å². The number of ether oxygens (including phenoxy) is 5. The van der Waals surface area contributed by atoms with E-state index in [-0.39, 0.29) is 34.5 Å². The lowest BCUT2D eigenvalue weighted by Gasteiger charge is -2.16. The first kappa shape index (κ1) is 22.1. The number of benzene rings is 3. The fraction of sp³-hybridized carbons (Fsp3) is 0.192. The molecule has 7 heteroatoms. The quantitative estimate of drug-likeness (QED) is 0.372. The first-order chi connectivity index (χ1) is 16.1. The van der Waals surface area contributed by atoms with E-state index < -0.39 is 0 Å². The molecule has 0 saturated heterocycles. The maximum absolute atomic E-state index is 13.7.